The number of rotatable bonds is 3. The van der Waals surface area contributed by atoms with Crippen molar-refractivity contribution in [2.24, 2.45) is 4.99 Å². The van der Waals surface area contributed by atoms with Gasteiger partial charge in [-0.3, -0.25) is 4.99 Å². The number of alkyl halides is 6. The van der Waals surface area contributed by atoms with E-state index in [1.165, 1.54) is 6.07 Å². The molecule has 0 radical (unpaired) electrons. The molecular weight excluding hydrogens is 570 g/mol. The van der Waals surface area contributed by atoms with Crippen LogP contribution in [0.3, 0.4) is 0 Å². The van der Waals surface area contributed by atoms with E-state index in [2.05, 4.69) is 4.99 Å². The summed E-state index contributed by atoms with van der Waals surface area (Å²) in [6.07, 6.45) is -8.88. The molecule has 0 aromatic heterocycles. The van der Waals surface area contributed by atoms with Gasteiger partial charge in [-0.15, -0.1) is 0 Å². The van der Waals surface area contributed by atoms with Crippen LogP contribution in [0.2, 0.25) is 0 Å². The fourth-order valence-corrected chi connectivity index (χ4v) is 2.90. The van der Waals surface area contributed by atoms with Gasteiger partial charge in [0, 0.05) is 17.3 Å². The second-order valence-corrected chi connectivity index (χ2v) is 10.4. The Kier molecular flexibility index (Phi) is 9.59. The topological polar surface area (TPSA) is 32.6 Å². The predicted octanol–water partition coefficient (Wildman–Crippen LogP) is 8.53. The van der Waals surface area contributed by atoms with Gasteiger partial charge < -0.3 is 5.11 Å². The summed E-state index contributed by atoms with van der Waals surface area (Å²) in [5.74, 6) is -0.182. The summed E-state index contributed by atoms with van der Waals surface area (Å²) >= 11 is -0.826. The van der Waals surface area contributed by atoms with Crippen molar-refractivity contribution in [3.05, 3.63) is 82.9 Å². The van der Waals surface area contributed by atoms with E-state index in [-0.39, 0.29) is 17.4 Å². The van der Waals surface area contributed by atoms with Gasteiger partial charge in [0.1, 0.15) is 5.75 Å². The molecule has 0 amide bonds. The van der Waals surface area contributed by atoms with Gasteiger partial charge in [0.25, 0.3) is 0 Å². The first-order valence-corrected chi connectivity index (χ1v) is 15.4. The van der Waals surface area contributed by atoms with E-state index in [1.807, 2.05) is 0 Å². The minimum absolute atomic E-state index is 0.0384. The number of aryl methyl sites for hydroxylation is 1. The van der Waals surface area contributed by atoms with E-state index in [1.54, 1.807) is 43.3 Å². The van der Waals surface area contributed by atoms with Crippen molar-refractivity contribution in [3.8, 4) is 16.9 Å². The standard InChI is InChI=1S/C22H15F6NO.2ClH.Zr/c1-13-7-15(20(30)19(8-13)14-5-3-2-4-6-14)12-29-18-10-16(21(23,24)25)9-17(11-18)22(26,27)28;;;/h2-12,30H,1H3;2*1H;/q;;;+2/p-2. The number of aliphatic imine (C=N–C) groups is 1. The first-order valence-electron chi connectivity index (χ1n) is 9.05. The summed E-state index contributed by atoms with van der Waals surface area (Å²) in [6.45, 7) is 1.75. The molecule has 0 bridgehead atoms. The Morgan fingerprint density at radius 3 is 1.85 bits per heavy atom. The Morgan fingerprint density at radius 1 is 0.848 bits per heavy atom. The number of halogens is 8. The van der Waals surface area contributed by atoms with Gasteiger partial charge in [0.2, 0.25) is 0 Å². The first-order chi connectivity index (χ1) is 15.4. The third-order valence-corrected chi connectivity index (χ3v) is 4.29. The molecule has 0 heterocycles. The van der Waals surface area contributed by atoms with Crippen molar-refractivity contribution in [2.75, 3.05) is 0 Å². The molecule has 0 saturated heterocycles. The summed E-state index contributed by atoms with van der Waals surface area (Å²) in [5, 5.41) is 10.6. The zero-order valence-electron chi connectivity index (χ0n) is 16.8. The fourth-order valence-electron chi connectivity index (χ4n) is 2.90. The SMILES string of the molecule is Cc1cc(C=Nc2cc(C(F)(F)F)cc(C(F)(F)F)c2)c(O)c(-c2ccccc2)c1.[Cl][Zr][Cl]. The second kappa shape index (κ2) is 11.5. The van der Waals surface area contributed by atoms with Crippen molar-refractivity contribution in [1.29, 1.82) is 0 Å². The van der Waals surface area contributed by atoms with Gasteiger partial charge in [-0.1, -0.05) is 30.3 Å². The Labute approximate surface area is 204 Å². The van der Waals surface area contributed by atoms with Crippen molar-refractivity contribution in [2.45, 2.75) is 19.3 Å². The molecule has 0 atom stereocenters. The summed E-state index contributed by atoms with van der Waals surface area (Å²) in [4.78, 5) is 3.78. The fraction of sp³-hybridized carbons (Fsp3) is 0.136. The number of benzene rings is 3. The Hall–Kier alpha value is -1.83. The molecule has 3 aromatic carbocycles. The van der Waals surface area contributed by atoms with Crippen LogP contribution >= 0.6 is 17.0 Å². The van der Waals surface area contributed by atoms with E-state index in [0.29, 0.717) is 23.3 Å². The molecule has 0 spiro atoms. The number of aromatic hydroxyl groups is 1. The molecule has 2 nitrogen and oxygen atoms in total. The number of nitrogens with zero attached hydrogens (tertiary/aromatic N) is 1. The molecule has 33 heavy (non-hydrogen) atoms. The Balaban J connectivity index is 0.00000122. The van der Waals surface area contributed by atoms with Crippen molar-refractivity contribution in [3.63, 3.8) is 0 Å². The molecular formula is C22H15Cl2F6NOZr. The maximum absolute atomic E-state index is 13.0. The molecule has 0 saturated carbocycles. The number of phenols is 1. The van der Waals surface area contributed by atoms with E-state index in [4.69, 9.17) is 17.0 Å². The van der Waals surface area contributed by atoms with Gasteiger partial charge in [-0.2, -0.15) is 26.3 Å². The number of phenolic OH excluding ortho intramolecular Hbond substituents is 1. The summed E-state index contributed by atoms with van der Waals surface area (Å²) in [5.41, 5.74) is -1.37. The van der Waals surface area contributed by atoms with Gasteiger partial charge in [0.15, 0.2) is 0 Å². The number of hydrogen-bond acceptors (Lipinski definition) is 2. The molecule has 3 rings (SSSR count). The Bertz CT molecular complexity index is 1090. The first kappa shape index (κ1) is 27.4. The maximum atomic E-state index is 13.0. The van der Waals surface area contributed by atoms with E-state index < -0.39 is 50.0 Å². The van der Waals surface area contributed by atoms with Gasteiger partial charge in [-0.25, -0.2) is 0 Å². The second-order valence-electron chi connectivity index (χ2n) is 6.71. The van der Waals surface area contributed by atoms with Crippen molar-refractivity contribution < 1.29 is 52.3 Å². The molecule has 0 aliphatic heterocycles. The van der Waals surface area contributed by atoms with Gasteiger partial charge >= 0.3 is 50.2 Å². The molecule has 0 aliphatic carbocycles. The van der Waals surface area contributed by atoms with Crippen LogP contribution in [0.4, 0.5) is 32.0 Å². The minimum atomic E-state index is -4.96. The number of hydrogen-bond donors (Lipinski definition) is 1. The molecule has 0 unspecified atom stereocenters. The normalized spacial score (nSPS) is 11.8. The quantitative estimate of drug-likeness (QED) is 0.243. The zero-order chi connectivity index (χ0) is 24.8. The van der Waals surface area contributed by atoms with Crippen LogP contribution in [0.25, 0.3) is 11.1 Å². The van der Waals surface area contributed by atoms with E-state index in [0.717, 1.165) is 11.8 Å². The monoisotopic (exact) mass is 583 g/mol. The summed E-state index contributed by atoms with van der Waals surface area (Å²) < 4.78 is 78.0. The van der Waals surface area contributed by atoms with Crippen LogP contribution in [0.5, 0.6) is 5.75 Å². The van der Waals surface area contributed by atoms with Crippen LogP contribution in [-0.2, 0) is 33.2 Å². The average Bonchev–Trinajstić information content (AvgIpc) is 2.74. The predicted molar refractivity (Wildman–Crippen MR) is 114 cm³/mol. The molecule has 174 valence electrons. The van der Waals surface area contributed by atoms with E-state index >= 15 is 0 Å². The average molecular weight is 585 g/mol. The third-order valence-electron chi connectivity index (χ3n) is 4.29. The van der Waals surface area contributed by atoms with Crippen molar-refractivity contribution in [1.82, 2.24) is 0 Å². The summed E-state index contributed by atoms with van der Waals surface area (Å²) in [7, 11) is 9.87. The van der Waals surface area contributed by atoms with Crippen LogP contribution in [-0.4, -0.2) is 11.3 Å². The Morgan fingerprint density at radius 2 is 1.36 bits per heavy atom. The van der Waals surface area contributed by atoms with E-state index in [9.17, 15) is 31.4 Å². The summed E-state index contributed by atoms with van der Waals surface area (Å²) in [6, 6.07) is 13.2. The van der Waals surface area contributed by atoms with Crippen LogP contribution in [0.15, 0.2) is 65.7 Å². The van der Waals surface area contributed by atoms with Crippen molar-refractivity contribution >= 4 is 28.9 Å². The molecule has 0 fully saturated rings. The van der Waals surface area contributed by atoms with Gasteiger partial charge in [-0.05, 0) is 48.4 Å². The van der Waals surface area contributed by atoms with Crippen LogP contribution < -0.4 is 0 Å². The molecule has 1 N–H and O–H groups in total. The zero-order valence-corrected chi connectivity index (χ0v) is 20.7. The van der Waals surface area contributed by atoms with Crippen LogP contribution in [0.1, 0.15) is 22.3 Å². The molecule has 0 aliphatic rings. The van der Waals surface area contributed by atoms with Crippen LogP contribution in [0, 0.1) is 6.92 Å². The molecule has 3 aromatic rings. The van der Waals surface area contributed by atoms with Gasteiger partial charge in [0.05, 0.1) is 16.8 Å². The molecule has 11 heteroatoms. The third kappa shape index (κ3) is 7.87.